The van der Waals surface area contributed by atoms with Gasteiger partial charge in [-0.1, -0.05) is 72.4 Å². The van der Waals surface area contributed by atoms with E-state index in [0.717, 1.165) is 32.7 Å². The Morgan fingerprint density at radius 1 is 0.960 bits per heavy atom. The van der Waals surface area contributed by atoms with E-state index >= 15 is 0 Å². The highest BCUT2D eigenvalue weighted by atomic mass is 32.2. The van der Waals surface area contributed by atoms with Crippen molar-refractivity contribution in [1.29, 1.82) is 0 Å². The van der Waals surface area contributed by atoms with Gasteiger partial charge in [0.2, 0.25) is 0 Å². The molecule has 3 nitrogen and oxygen atoms in total. The number of benzene rings is 3. The van der Waals surface area contributed by atoms with Crippen LogP contribution in [0.1, 0.15) is 11.1 Å². The van der Waals surface area contributed by atoms with Gasteiger partial charge in [-0.15, -0.1) is 0 Å². The molecule has 122 valence electrons. The lowest BCUT2D eigenvalue weighted by molar-refractivity contribution is -0.113. The number of aliphatic imine (C=N–C) groups is 1. The van der Waals surface area contributed by atoms with Crippen molar-refractivity contribution in [3.63, 3.8) is 0 Å². The monoisotopic (exact) mass is 345 g/mol. The van der Waals surface area contributed by atoms with E-state index in [0.29, 0.717) is 4.91 Å². The van der Waals surface area contributed by atoms with Crippen LogP contribution in [-0.2, 0) is 4.79 Å². The smallest absolute Gasteiger partial charge is 0.284 e. The predicted molar refractivity (Wildman–Crippen MR) is 104 cm³/mol. The fourth-order valence-electron chi connectivity index (χ4n) is 2.85. The van der Waals surface area contributed by atoms with E-state index in [1.165, 1.54) is 11.8 Å². The lowest BCUT2D eigenvalue weighted by Gasteiger charge is -2.09. The molecule has 0 aromatic heterocycles. The number of methoxy groups -OCH3 is 1. The van der Waals surface area contributed by atoms with Crippen molar-refractivity contribution in [3.05, 3.63) is 82.8 Å². The van der Waals surface area contributed by atoms with E-state index in [1.807, 2.05) is 72.8 Å². The molecule has 0 atom stereocenters. The predicted octanol–water partition coefficient (Wildman–Crippen LogP) is 4.91. The number of thioether (sulfide) groups is 1. The molecule has 0 aliphatic carbocycles. The SMILES string of the molecule is COc1ccc2ccccc2c1/C=C1\SC(c2ccccc2)=NC1=O. The zero-order valence-electron chi connectivity index (χ0n) is 13.6. The molecule has 0 N–H and O–H groups in total. The fraction of sp³-hybridized carbons (Fsp3) is 0.0476. The van der Waals surface area contributed by atoms with Crippen LogP contribution in [0.3, 0.4) is 0 Å². The number of nitrogens with zero attached hydrogens (tertiary/aromatic N) is 1. The topological polar surface area (TPSA) is 38.7 Å². The molecule has 0 fully saturated rings. The molecule has 1 aliphatic rings. The molecule has 1 aliphatic heterocycles. The van der Waals surface area contributed by atoms with Gasteiger partial charge in [0.05, 0.1) is 12.0 Å². The molecular weight excluding hydrogens is 330 g/mol. The molecule has 4 rings (SSSR count). The quantitative estimate of drug-likeness (QED) is 0.633. The van der Waals surface area contributed by atoms with E-state index < -0.39 is 0 Å². The fourth-order valence-corrected chi connectivity index (χ4v) is 3.75. The van der Waals surface area contributed by atoms with Gasteiger partial charge in [0.15, 0.2) is 0 Å². The number of rotatable bonds is 3. The van der Waals surface area contributed by atoms with Crippen LogP contribution in [0.2, 0.25) is 0 Å². The Kier molecular flexibility index (Phi) is 4.12. The van der Waals surface area contributed by atoms with E-state index in [4.69, 9.17) is 4.74 Å². The first-order chi connectivity index (χ1) is 12.3. The standard InChI is InChI=1S/C21H15NO2S/c1-24-18-12-11-14-7-5-6-10-16(14)17(18)13-19-20(23)22-21(25-19)15-8-3-2-4-9-15/h2-13H,1H3/b19-13-. The van der Waals surface area contributed by atoms with Crippen molar-refractivity contribution < 1.29 is 9.53 Å². The summed E-state index contributed by atoms with van der Waals surface area (Å²) in [6.07, 6.45) is 1.88. The van der Waals surface area contributed by atoms with E-state index in [9.17, 15) is 4.79 Å². The molecule has 0 radical (unpaired) electrons. The largest absolute Gasteiger partial charge is 0.496 e. The third-order valence-corrected chi connectivity index (χ3v) is 5.10. The molecule has 3 aromatic rings. The number of hydrogen-bond donors (Lipinski definition) is 0. The Morgan fingerprint density at radius 2 is 1.72 bits per heavy atom. The van der Waals surface area contributed by atoms with Gasteiger partial charge in [-0.2, -0.15) is 0 Å². The van der Waals surface area contributed by atoms with Crippen LogP contribution in [0.4, 0.5) is 0 Å². The summed E-state index contributed by atoms with van der Waals surface area (Å²) in [5.74, 6) is 0.534. The molecule has 0 saturated carbocycles. The van der Waals surface area contributed by atoms with Gasteiger partial charge < -0.3 is 4.74 Å². The zero-order chi connectivity index (χ0) is 17.2. The normalized spacial score (nSPS) is 15.6. The second-order valence-electron chi connectivity index (χ2n) is 5.60. The summed E-state index contributed by atoms with van der Waals surface area (Å²) in [6, 6.07) is 21.8. The first kappa shape index (κ1) is 15.7. The van der Waals surface area contributed by atoms with E-state index in [2.05, 4.69) is 4.99 Å². The van der Waals surface area contributed by atoms with Gasteiger partial charge >= 0.3 is 0 Å². The molecule has 3 aromatic carbocycles. The molecule has 1 amide bonds. The lowest BCUT2D eigenvalue weighted by atomic mass is 10.0. The van der Waals surface area contributed by atoms with Crippen LogP contribution < -0.4 is 4.74 Å². The van der Waals surface area contributed by atoms with Crippen molar-refractivity contribution in [2.75, 3.05) is 7.11 Å². The van der Waals surface area contributed by atoms with Crippen LogP contribution in [0, 0.1) is 0 Å². The Morgan fingerprint density at radius 3 is 2.52 bits per heavy atom. The Balaban J connectivity index is 1.78. The molecule has 1 heterocycles. The maximum atomic E-state index is 12.4. The molecule has 0 bridgehead atoms. The van der Waals surface area contributed by atoms with Crippen LogP contribution in [0.15, 0.2) is 76.6 Å². The molecule has 25 heavy (non-hydrogen) atoms. The zero-order valence-corrected chi connectivity index (χ0v) is 14.4. The minimum Gasteiger partial charge on any atom is -0.496 e. The molecular formula is C21H15NO2S. The minimum atomic E-state index is -0.209. The summed E-state index contributed by atoms with van der Waals surface area (Å²) in [7, 11) is 1.64. The number of ether oxygens (including phenoxy) is 1. The third kappa shape index (κ3) is 2.96. The summed E-state index contributed by atoms with van der Waals surface area (Å²) >= 11 is 1.40. The summed E-state index contributed by atoms with van der Waals surface area (Å²) in [6.45, 7) is 0. The highest BCUT2D eigenvalue weighted by molar-refractivity contribution is 8.19. The Labute approximate surface area is 150 Å². The summed E-state index contributed by atoms with van der Waals surface area (Å²) in [4.78, 5) is 17.2. The lowest BCUT2D eigenvalue weighted by Crippen LogP contribution is -1.92. The molecule has 0 spiro atoms. The first-order valence-electron chi connectivity index (χ1n) is 7.90. The summed E-state index contributed by atoms with van der Waals surface area (Å²) in [5.41, 5.74) is 1.86. The van der Waals surface area contributed by atoms with Gasteiger partial charge in [0, 0.05) is 11.1 Å². The van der Waals surface area contributed by atoms with Gasteiger partial charge in [0.25, 0.3) is 5.91 Å². The number of amides is 1. The van der Waals surface area contributed by atoms with Crippen molar-refractivity contribution in [1.82, 2.24) is 0 Å². The van der Waals surface area contributed by atoms with Gasteiger partial charge in [-0.3, -0.25) is 4.79 Å². The second-order valence-corrected chi connectivity index (χ2v) is 6.63. The Bertz CT molecular complexity index is 1020. The van der Waals surface area contributed by atoms with Crippen molar-refractivity contribution in [2.24, 2.45) is 4.99 Å². The van der Waals surface area contributed by atoms with Crippen LogP contribution in [-0.4, -0.2) is 18.1 Å². The van der Waals surface area contributed by atoms with Gasteiger partial charge in [0.1, 0.15) is 10.8 Å². The number of hydrogen-bond acceptors (Lipinski definition) is 3. The van der Waals surface area contributed by atoms with Crippen LogP contribution in [0.25, 0.3) is 16.8 Å². The van der Waals surface area contributed by atoms with Crippen molar-refractivity contribution >= 4 is 39.6 Å². The highest BCUT2D eigenvalue weighted by Gasteiger charge is 2.23. The average molecular weight is 345 g/mol. The van der Waals surface area contributed by atoms with E-state index in [-0.39, 0.29) is 5.91 Å². The molecule has 0 unspecified atom stereocenters. The summed E-state index contributed by atoms with van der Waals surface area (Å²) < 4.78 is 5.51. The number of carbonyl (C=O) groups excluding carboxylic acids is 1. The molecule has 4 heteroatoms. The first-order valence-corrected chi connectivity index (χ1v) is 8.71. The van der Waals surface area contributed by atoms with Crippen LogP contribution >= 0.6 is 11.8 Å². The van der Waals surface area contributed by atoms with Gasteiger partial charge in [-0.25, -0.2) is 4.99 Å². The minimum absolute atomic E-state index is 0.209. The second kappa shape index (κ2) is 6.57. The number of carbonyl (C=O) groups is 1. The summed E-state index contributed by atoms with van der Waals surface area (Å²) in [5, 5.41) is 2.89. The maximum Gasteiger partial charge on any atom is 0.284 e. The van der Waals surface area contributed by atoms with E-state index in [1.54, 1.807) is 7.11 Å². The third-order valence-electron chi connectivity index (χ3n) is 4.07. The van der Waals surface area contributed by atoms with Crippen molar-refractivity contribution in [2.45, 2.75) is 0 Å². The number of fused-ring (bicyclic) bond motifs is 1. The van der Waals surface area contributed by atoms with Crippen LogP contribution in [0.5, 0.6) is 5.75 Å². The highest BCUT2D eigenvalue weighted by Crippen LogP contribution is 2.36. The Hall–Kier alpha value is -2.85. The maximum absolute atomic E-state index is 12.4. The van der Waals surface area contributed by atoms with Crippen molar-refractivity contribution in [3.8, 4) is 5.75 Å². The molecule has 0 saturated heterocycles. The van der Waals surface area contributed by atoms with Gasteiger partial charge in [-0.05, 0) is 22.9 Å². The average Bonchev–Trinajstić information content (AvgIpc) is 3.03.